The van der Waals surface area contributed by atoms with E-state index in [1.807, 2.05) is 0 Å². The Hall–Kier alpha value is -0.0800. The Morgan fingerprint density at radius 3 is 2.55 bits per heavy atom. The van der Waals surface area contributed by atoms with Crippen molar-refractivity contribution >= 4 is 0 Å². The van der Waals surface area contributed by atoms with Crippen molar-refractivity contribution in [2.75, 3.05) is 6.61 Å². The Morgan fingerprint density at radius 2 is 2.27 bits per heavy atom. The highest BCUT2D eigenvalue weighted by Crippen LogP contribution is 2.57. The summed E-state index contributed by atoms with van der Waals surface area (Å²) in [5, 5.41) is 18.8. The van der Waals surface area contributed by atoms with Crippen LogP contribution in [0.1, 0.15) is 26.2 Å². The molecule has 2 heteroatoms. The molecule has 4 atom stereocenters. The second-order valence-electron chi connectivity index (χ2n) is 4.35. The molecule has 11 heavy (non-hydrogen) atoms. The van der Waals surface area contributed by atoms with Crippen molar-refractivity contribution in [1.82, 2.24) is 0 Å². The molecule has 2 fully saturated rings. The van der Waals surface area contributed by atoms with Crippen LogP contribution in [0.15, 0.2) is 0 Å². The van der Waals surface area contributed by atoms with Crippen molar-refractivity contribution in [1.29, 1.82) is 0 Å². The summed E-state index contributed by atoms with van der Waals surface area (Å²) < 4.78 is 0. The topological polar surface area (TPSA) is 40.5 Å². The maximum atomic E-state index is 9.67. The molecule has 2 rings (SSSR count). The van der Waals surface area contributed by atoms with Crippen LogP contribution in [0.3, 0.4) is 0 Å². The summed E-state index contributed by atoms with van der Waals surface area (Å²) in [7, 11) is 0. The highest BCUT2D eigenvalue weighted by molar-refractivity contribution is 5.04. The highest BCUT2D eigenvalue weighted by Gasteiger charge is 2.55. The van der Waals surface area contributed by atoms with Gasteiger partial charge in [0.25, 0.3) is 0 Å². The molecule has 0 radical (unpaired) electrons. The van der Waals surface area contributed by atoms with Crippen LogP contribution in [0.2, 0.25) is 0 Å². The van der Waals surface area contributed by atoms with Crippen LogP contribution >= 0.6 is 0 Å². The van der Waals surface area contributed by atoms with Crippen molar-refractivity contribution in [3.05, 3.63) is 0 Å². The van der Waals surface area contributed by atoms with Gasteiger partial charge < -0.3 is 10.2 Å². The van der Waals surface area contributed by atoms with Gasteiger partial charge in [0.05, 0.1) is 6.10 Å². The third-order valence-electron chi connectivity index (χ3n) is 3.95. The predicted octanol–water partition coefficient (Wildman–Crippen LogP) is 0.776. The van der Waals surface area contributed by atoms with E-state index < -0.39 is 0 Å². The molecule has 2 aliphatic rings. The Bertz CT molecular complexity index is 169. The van der Waals surface area contributed by atoms with E-state index >= 15 is 0 Å². The Labute approximate surface area is 67.2 Å². The van der Waals surface area contributed by atoms with Gasteiger partial charge in [0.1, 0.15) is 0 Å². The van der Waals surface area contributed by atoms with Gasteiger partial charge in [-0.25, -0.2) is 0 Å². The van der Waals surface area contributed by atoms with E-state index in [2.05, 4.69) is 6.92 Å². The van der Waals surface area contributed by atoms with E-state index in [1.54, 1.807) is 0 Å². The minimum atomic E-state index is -0.154. The van der Waals surface area contributed by atoms with Crippen LogP contribution in [0.25, 0.3) is 0 Å². The molecular formula is C9H16O2. The molecule has 2 nitrogen and oxygen atoms in total. The lowest BCUT2D eigenvalue weighted by Crippen LogP contribution is -2.31. The van der Waals surface area contributed by atoms with E-state index in [9.17, 15) is 5.11 Å². The SMILES string of the molecule is C[C@@]12CC[C@@H](C[C@H]1O)[C@H]2CO. The van der Waals surface area contributed by atoms with Gasteiger partial charge in [-0.15, -0.1) is 0 Å². The largest absolute Gasteiger partial charge is 0.396 e. The molecule has 2 aliphatic carbocycles. The van der Waals surface area contributed by atoms with Crippen molar-refractivity contribution in [2.24, 2.45) is 17.3 Å². The molecule has 0 aromatic heterocycles. The number of hydrogen-bond donors (Lipinski definition) is 2. The van der Waals surface area contributed by atoms with Crippen LogP contribution in [-0.2, 0) is 0 Å². The van der Waals surface area contributed by atoms with Gasteiger partial charge in [-0.1, -0.05) is 6.92 Å². The summed E-state index contributed by atoms with van der Waals surface area (Å²) >= 11 is 0. The summed E-state index contributed by atoms with van der Waals surface area (Å²) in [6.07, 6.45) is 3.07. The Morgan fingerprint density at radius 1 is 1.55 bits per heavy atom. The fraction of sp³-hybridized carbons (Fsp3) is 1.00. The molecule has 0 unspecified atom stereocenters. The monoisotopic (exact) mass is 156 g/mol. The van der Waals surface area contributed by atoms with Gasteiger partial charge in [-0.05, 0) is 36.5 Å². The highest BCUT2D eigenvalue weighted by atomic mass is 16.3. The summed E-state index contributed by atoms with van der Waals surface area (Å²) in [6, 6.07) is 0. The van der Waals surface area contributed by atoms with Crippen LogP contribution < -0.4 is 0 Å². The predicted molar refractivity (Wildman–Crippen MR) is 42.0 cm³/mol. The van der Waals surface area contributed by atoms with E-state index in [1.165, 1.54) is 6.42 Å². The first-order valence-corrected chi connectivity index (χ1v) is 4.47. The van der Waals surface area contributed by atoms with Crippen molar-refractivity contribution in [3.63, 3.8) is 0 Å². The number of fused-ring (bicyclic) bond motifs is 2. The zero-order chi connectivity index (χ0) is 8.06. The number of rotatable bonds is 1. The molecule has 0 aliphatic heterocycles. The normalized spacial score (nSPS) is 55.4. The minimum absolute atomic E-state index is 0.0411. The summed E-state index contributed by atoms with van der Waals surface area (Å²) in [5.41, 5.74) is 0.0411. The lowest BCUT2D eigenvalue weighted by molar-refractivity contribution is 0.0243. The van der Waals surface area contributed by atoms with Crippen molar-refractivity contribution in [2.45, 2.75) is 32.3 Å². The van der Waals surface area contributed by atoms with Gasteiger partial charge in [-0.3, -0.25) is 0 Å². The van der Waals surface area contributed by atoms with E-state index in [-0.39, 0.29) is 18.1 Å². The number of hydrogen-bond acceptors (Lipinski definition) is 2. The Kier molecular flexibility index (Phi) is 1.52. The molecule has 64 valence electrons. The van der Waals surface area contributed by atoms with Gasteiger partial charge >= 0.3 is 0 Å². The first-order chi connectivity index (χ1) is 5.18. The number of aliphatic hydroxyl groups excluding tert-OH is 2. The zero-order valence-electron chi connectivity index (χ0n) is 6.95. The van der Waals surface area contributed by atoms with E-state index in [0.717, 1.165) is 12.8 Å². The maximum Gasteiger partial charge on any atom is 0.0600 e. The van der Waals surface area contributed by atoms with Gasteiger partial charge in [0, 0.05) is 6.61 Å². The van der Waals surface area contributed by atoms with Crippen LogP contribution in [0.4, 0.5) is 0 Å². The average Bonchev–Trinajstić information content (AvgIpc) is 2.38. The average molecular weight is 156 g/mol. The van der Waals surface area contributed by atoms with Gasteiger partial charge in [0.2, 0.25) is 0 Å². The molecule has 2 N–H and O–H groups in total. The Balaban J connectivity index is 2.24. The second kappa shape index (κ2) is 2.20. The van der Waals surface area contributed by atoms with Crippen LogP contribution in [0, 0.1) is 17.3 Å². The minimum Gasteiger partial charge on any atom is -0.396 e. The third-order valence-corrected chi connectivity index (χ3v) is 3.95. The molecule has 0 aromatic rings. The first kappa shape index (κ1) is 7.56. The van der Waals surface area contributed by atoms with Gasteiger partial charge in [0.15, 0.2) is 0 Å². The molecular weight excluding hydrogens is 140 g/mol. The third kappa shape index (κ3) is 0.798. The molecule has 2 bridgehead atoms. The quantitative estimate of drug-likeness (QED) is 0.589. The molecule has 0 spiro atoms. The van der Waals surface area contributed by atoms with E-state index in [4.69, 9.17) is 5.11 Å². The molecule has 0 heterocycles. The van der Waals surface area contributed by atoms with Crippen LogP contribution in [-0.4, -0.2) is 22.9 Å². The lowest BCUT2D eigenvalue weighted by Gasteiger charge is -2.29. The second-order valence-corrected chi connectivity index (χ2v) is 4.35. The molecule has 0 saturated heterocycles. The summed E-state index contributed by atoms with van der Waals surface area (Å²) in [6.45, 7) is 2.38. The van der Waals surface area contributed by atoms with Gasteiger partial charge in [-0.2, -0.15) is 0 Å². The fourth-order valence-corrected chi connectivity index (χ4v) is 3.03. The summed E-state index contributed by atoms with van der Waals surface area (Å²) in [4.78, 5) is 0. The van der Waals surface area contributed by atoms with Crippen molar-refractivity contribution < 1.29 is 10.2 Å². The summed E-state index contributed by atoms with van der Waals surface area (Å²) in [5.74, 6) is 0.970. The van der Waals surface area contributed by atoms with Crippen molar-refractivity contribution in [3.8, 4) is 0 Å². The molecule has 2 saturated carbocycles. The van der Waals surface area contributed by atoms with E-state index in [0.29, 0.717) is 11.8 Å². The standard InChI is InChI=1S/C9H16O2/c1-9-3-2-6(4-8(9)11)7(9)5-10/h6-8,10-11H,2-5H2,1H3/t6-,7+,8+,9-/m0/s1. The smallest absolute Gasteiger partial charge is 0.0600 e. The molecule has 0 amide bonds. The fourth-order valence-electron chi connectivity index (χ4n) is 3.03. The lowest BCUT2D eigenvalue weighted by atomic mass is 9.79. The molecule has 0 aromatic carbocycles. The van der Waals surface area contributed by atoms with Crippen LogP contribution in [0.5, 0.6) is 0 Å². The zero-order valence-corrected chi connectivity index (χ0v) is 6.95. The first-order valence-electron chi connectivity index (χ1n) is 4.47. The number of aliphatic hydroxyl groups is 2. The maximum absolute atomic E-state index is 9.67.